The highest BCUT2D eigenvalue weighted by molar-refractivity contribution is 5.75. The van der Waals surface area contributed by atoms with Gasteiger partial charge in [-0.1, -0.05) is 6.08 Å². The number of ether oxygens (including phenoxy) is 2. The summed E-state index contributed by atoms with van der Waals surface area (Å²) in [6.07, 6.45) is 3.97. The average molecular weight is 342 g/mol. The molecule has 1 saturated carbocycles. The lowest BCUT2D eigenvalue weighted by Crippen LogP contribution is -2.25. The van der Waals surface area contributed by atoms with E-state index in [2.05, 4.69) is 0 Å². The van der Waals surface area contributed by atoms with Gasteiger partial charge in [-0.15, -0.1) is 0 Å². The van der Waals surface area contributed by atoms with Crippen molar-refractivity contribution in [2.45, 2.75) is 39.5 Å². The van der Waals surface area contributed by atoms with Crippen molar-refractivity contribution < 1.29 is 27.4 Å². The highest BCUT2D eigenvalue weighted by atomic mass is 19.2. The molecule has 2 rings (SSSR count). The van der Waals surface area contributed by atoms with Crippen LogP contribution >= 0.6 is 0 Å². The average Bonchev–Trinajstić information content (AvgIpc) is 2.54. The van der Waals surface area contributed by atoms with Crippen LogP contribution in [0.2, 0.25) is 0 Å². The van der Waals surface area contributed by atoms with Crippen molar-refractivity contribution >= 4 is 5.97 Å². The van der Waals surface area contributed by atoms with Crippen molar-refractivity contribution in [3.8, 4) is 11.5 Å². The second-order valence-corrected chi connectivity index (χ2v) is 5.91. The summed E-state index contributed by atoms with van der Waals surface area (Å²) < 4.78 is 50.6. The van der Waals surface area contributed by atoms with Crippen LogP contribution in [0, 0.1) is 23.5 Å². The summed E-state index contributed by atoms with van der Waals surface area (Å²) in [5.41, 5.74) is 0. The van der Waals surface area contributed by atoms with E-state index in [-0.39, 0.29) is 30.0 Å². The fourth-order valence-electron chi connectivity index (χ4n) is 2.90. The van der Waals surface area contributed by atoms with E-state index in [4.69, 9.17) is 9.47 Å². The molecule has 0 spiro atoms. The van der Waals surface area contributed by atoms with E-state index in [0.29, 0.717) is 25.7 Å². The van der Waals surface area contributed by atoms with Crippen molar-refractivity contribution in [1.82, 2.24) is 0 Å². The number of carbonyl (C=O) groups is 1. The first-order valence-electron chi connectivity index (χ1n) is 8.08. The van der Waals surface area contributed by atoms with E-state index in [1.165, 1.54) is 19.1 Å². The lowest BCUT2D eigenvalue weighted by atomic mass is 9.82. The van der Waals surface area contributed by atoms with Crippen molar-refractivity contribution in [2.24, 2.45) is 11.8 Å². The molecule has 0 aromatic heterocycles. The molecule has 1 aromatic carbocycles. The summed E-state index contributed by atoms with van der Waals surface area (Å²) in [5, 5.41) is 0. The molecule has 0 N–H and O–H groups in total. The summed E-state index contributed by atoms with van der Waals surface area (Å²) in [7, 11) is 0. The topological polar surface area (TPSA) is 35.5 Å². The summed E-state index contributed by atoms with van der Waals surface area (Å²) in [6, 6.07) is 2.42. The third-order valence-electron chi connectivity index (χ3n) is 4.09. The fourth-order valence-corrected chi connectivity index (χ4v) is 2.90. The zero-order chi connectivity index (χ0) is 17.7. The largest absolute Gasteiger partial charge is 0.491 e. The molecule has 0 bridgehead atoms. The molecule has 0 amide bonds. The molecule has 0 radical (unpaired) electrons. The summed E-state index contributed by atoms with van der Waals surface area (Å²) in [4.78, 5) is 12.1. The minimum atomic E-state index is -1.24. The number of allylic oxidation sites excluding steroid dienone is 2. The van der Waals surface area contributed by atoms with Crippen molar-refractivity contribution in [3.63, 3.8) is 0 Å². The van der Waals surface area contributed by atoms with E-state index >= 15 is 0 Å². The van der Waals surface area contributed by atoms with Crippen LogP contribution in [0.15, 0.2) is 24.0 Å². The Morgan fingerprint density at radius 2 is 1.75 bits per heavy atom. The highest BCUT2D eigenvalue weighted by Gasteiger charge is 2.28. The van der Waals surface area contributed by atoms with Crippen LogP contribution in [0.5, 0.6) is 11.5 Å². The van der Waals surface area contributed by atoms with Crippen molar-refractivity contribution in [1.29, 1.82) is 0 Å². The number of carbonyl (C=O) groups excluding carboxylic acids is 1. The molecule has 6 heteroatoms. The predicted molar refractivity (Wildman–Crippen MR) is 83.5 cm³/mol. The van der Waals surface area contributed by atoms with Gasteiger partial charge in [-0.2, -0.15) is 8.78 Å². The molecule has 1 aliphatic rings. The minimum Gasteiger partial charge on any atom is -0.491 e. The number of hydrogen-bond acceptors (Lipinski definition) is 3. The van der Waals surface area contributed by atoms with Crippen LogP contribution in [-0.2, 0) is 4.79 Å². The Hall–Kier alpha value is -1.98. The molecule has 0 aliphatic heterocycles. The van der Waals surface area contributed by atoms with Gasteiger partial charge >= 0.3 is 5.97 Å². The second kappa shape index (κ2) is 8.22. The summed E-state index contributed by atoms with van der Waals surface area (Å²) in [6.45, 7) is 3.25. The van der Waals surface area contributed by atoms with Gasteiger partial charge in [0.25, 0.3) is 0 Å². The Balaban J connectivity index is 1.98. The van der Waals surface area contributed by atoms with Crippen LogP contribution in [0.3, 0.4) is 0 Å². The number of benzene rings is 1. The van der Waals surface area contributed by atoms with Gasteiger partial charge in [0.1, 0.15) is 0 Å². The zero-order valence-corrected chi connectivity index (χ0v) is 13.8. The summed E-state index contributed by atoms with van der Waals surface area (Å²) in [5.74, 6) is -4.16. The second-order valence-electron chi connectivity index (χ2n) is 5.91. The molecule has 132 valence electrons. The van der Waals surface area contributed by atoms with Gasteiger partial charge in [-0.25, -0.2) is 4.39 Å². The molecule has 24 heavy (non-hydrogen) atoms. The van der Waals surface area contributed by atoms with Crippen molar-refractivity contribution in [3.05, 3.63) is 35.7 Å². The van der Waals surface area contributed by atoms with Crippen LogP contribution in [-0.4, -0.2) is 12.6 Å². The van der Waals surface area contributed by atoms with Crippen LogP contribution < -0.4 is 9.47 Å². The van der Waals surface area contributed by atoms with Gasteiger partial charge in [-0.3, -0.25) is 4.79 Å². The maximum Gasteiger partial charge on any atom is 0.314 e. The van der Waals surface area contributed by atoms with Gasteiger partial charge in [0, 0.05) is 0 Å². The molecule has 1 fully saturated rings. The minimum absolute atomic E-state index is 0.110. The van der Waals surface area contributed by atoms with Gasteiger partial charge in [0.05, 0.1) is 18.4 Å². The lowest BCUT2D eigenvalue weighted by Gasteiger charge is -2.25. The molecule has 1 aromatic rings. The van der Waals surface area contributed by atoms with Gasteiger partial charge in [0.15, 0.2) is 11.5 Å². The molecule has 0 saturated heterocycles. The van der Waals surface area contributed by atoms with Crippen LogP contribution in [0.1, 0.15) is 39.5 Å². The van der Waals surface area contributed by atoms with E-state index in [1.807, 2.05) is 0 Å². The third kappa shape index (κ3) is 4.52. The monoisotopic (exact) mass is 342 g/mol. The maximum absolute atomic E-state index is 13.9. The number of halogens is 3. The Bertz CT molecular complexity index is 616. The Morgan fingerprint density at radius 1 is 1.17 bits per heavy atom. The normalized spacial score (nSPS) is 21.5. The number of esters is 1. The molecule has 0 unspecified atom stereocenters. The van der Waals surface area contributed by atoms with Crippen molar-refractivity contribution in [2.75, 3.05) is 6.61 Å². The number of rotatable bonds is 5. The SMILES string of the molecule is CCOc1ccc(OC(=O)C2CCC(C=C(C)F)CC2)c(F)c1F. The Morgan fingerprint density at radius 3 is 2.33 bits per heavy atom. The first-order valence-corrected chi connectivity index (χ1v) is 8.08. The van der Waals surface area contributed by atoms with Gasteiger partial charge in [-0.05, 0) is 57.6 Å². The van der Waals surface area contributed by atoms with E-state index in [0.717, 1.165) is 0 Å². The first-order chi connectivity index (χ1) is 11.4. The smallest absolute Gasteiger partial charge is 0.314 e. The fraction of sp³-hybridized carbons (Fsp3) is 0.500. The summed E-state index contributed by atoms with van der Waals surface area (Å²) >= 11 is 0. The van der Waals surface area contributed by atoms with E-state index in [9.17, 15) is 18.0 Å². The van der Waals surface area contributed by atoms with Gasteiger partial charge < -0.3 is 9.47 Å². The lowest BCUT2D eigenvalue weighted by molar-refractivity contribution is -0.140. The van der Waals surface area contributed by atoms with E-state index in [1.54, 1.807) is 13.0 Å². The molecule has 0 atom stereocenters. The molecule has 0 heterocycles. The predicted octanol–water partition coefficient (Wildman–Crippen LogP) is 4.95. The number of hydrogen-bond donors (Lipinski definition) is 0. The molecule has 3 nitrogen and oxygen atoms in total. The zero-order valence-electron chi connectivity index (χ0n) is 13.8. The maximum atomic E-state index is 13.9. The molecular weight excluding hydrogens is 321 g/mol. The van der Waals surface area contributed by atoms with E-state index < -0.39 is 23.4 Å². The molecule has 1 aliphatic carbocycles. The van der Waals surface area contributed by atoms with Crippen LogP contribution in [0.25, 0.3) is 0 Å². The molecular formula is C18H21F3O3. The Kier molecular flexibility index (Phi) is 6.29. The van der Waals surface area contributed by atoms with Crippen LogP contribution in [0.4, 0.5) is 13.2 Å². The first kappa shape index (κ1) is 18.4. The highest BCUT2D eigenvalue weighted by Crippen LogP contribution is 2.33. The standard InChI is InChI=1S/C18H21F3O3/c1-3-23-14-8-9-15(17(21)16(14)20)24-18(22)13-6-4-12(5-7-13)10-11(2)19/h8-10,12-13H,3-7H2,1-2H3. The third-order valence-corrected chi connectivity index (χ3v) is 4.09. The quantitative estimate of drug-likeness (QED) is 0.561. The van der Waals surface area contributed by atoms with Gasteiger partial charge in [0.2, 0.25) is 11.6 Å². The Labute approximate surface area is 139 Å².